The zero-order valence-electron chi connectivity index (χ0n) is 12.7. The van der Waals surface area contributed by atoms with Crippen LogP contribution in [-0.2, 0) is 4.74 Å². The van der Waals surface area contributed by atoms with Crippen molar-refractivity contribution in [3.63, 3.8) is 0 Å². The van der Waals surface area contributed by atoms with Crippen molar-refractivity contribution in [2.24, 2.45) is 17.8 Å². The molecule has 4 atom stereocenters. The largest absolute Gasteiger partial charge is 0.507 e. The van der Waals surface area contributed by atoms with Crippen molar-refractivity contribution in [1.29, 1.82) is 0 Å². The molecule has 0 aromatic heterocycles. The minimum atomic E-state index is -0.208. The van der Waals surface area contributed by atoms with Gasteiger partial charge < -0.3 is 9.84 Å². The van der Waals surface area contributed by atoms with Crippen molar-refractivity contribution < 1.29 is 14.6 Å². The van der Waals surface area contributed by atoms with Gasteiger partial charge in [-0.05, 0) is 39.3 Å². The Labute approximate surface area is 125 Å². The summed E-state index contributed by atoms with van der Waals surface area (Å²) in [5, 5.41) is 9.89. The summed E-state index contributed by atoms with van der Waals surface area (Å²) in [7, 11) is 0. The Morgan fingerprint density at radius 2 is 1.95 bits per heavy atom. The first-order chi connectivity index (χ1) is 9.87. The molecule has 3 heteroatoms. The number of Topliss-reactive ketones (excluding diaryl/α,β-unsaturated/α-hetero) is 1. The Balaban J connectivity index is 1.81. The summed E-state index contributed by atoms with van der Waals surface area (Å²) in [5.74, 6) is 0.464. The van der Waals surface area contributed by atoms with Gasteiger partial charge in [0.05, 0.1) is 17.3 Å². The fourth-order valence-electron chi connectivity index (χ4n) is 3.54. The van der Waals surface area contributed by atoms with Crippen molar-refractivity contribution >= 4 is 5.78 Å². The summed E-state index contributed by atoms with van der Waals surface area (Å²) >= 11 is 0. The van der Waals surface area contributed by atoms with Crippen molar-refractivity contribution in [2.45, 2.75) is 38.9 Å². The van der Waals surface area contributed by atoms with Crippen LogP contribution in [0.2, 0.25) is 0 Å². The molecular formula is C18H22O3. The highest BCUT2D eigenvalue weighted by Crippen LogP contribution is 2.48. The van der Waals surface area contributed by atoms with E-state index in [1.54, 1.807) is 24.3 Å². The van der Waals surface area contributed by atoms with Gasteiger partial charge in [0.25, 0.3) is 0 Å². The minimum absolute atomic E-state index is 0.0347. The third-order valence-electron chi connectivity index (χ3n) is 4.37. The molecule has 1 aromatic rings. The second-order valence-corrected chi connectivity index (χ2v) is 7.04. The van der Waals surface area contributed by atoms with Crippen LogP contribution in [0.1, 0.15) is 37.6 Å². The van der Waals surface area contributed by atoms with E-state index in [4.69, 9.17) is 4.74 Å². The Bertz CT molecular complexity index is 582. The molecule has 1 aromatic carbocycles. The normalized spacial score (nSPS) is 30.8. The Morgan fingerprint density at radius 1 is 1.24 bits per heavy atom. The van der Waals surface area contributed by atoms with E-state index in [-0.39, 0.29) is 35.1 Å². The first-order valence-electron chi connectivity index (χ1n) is 7.55. The van der Waals surface area contributed by atoms with E-state index in [0.717, 1.165) is 6.42 Å². The zero-order valence-corrected chi connectivity index (χ0v) is 12.7. The molecule has 0 saturated heterocycles. The van der Waals surface area contributed by atoms with Crippen LogP contribution >= 0.6 is 0 Å². The third-order valence-corrected chi connectivity index (χ3v) is 4.37. The van der Waals surface area contributed by atoms with E-state index < -0.39 is 0 Å². The summed E-state index contributed by atoms with van der Waals surface area (Å²) in [4.78, 5) is 12.7. The molecule has 0 spiro atoms. The number of phenols is 1. The smallest absolute Gasteiger partial charge is 0.170 e. The average molecular weight is 286 g/mol. The average Bonchev–Trinajstić information content (AvgIpc) is 2.93. The van der Waals surface area contributed by atoms with Crippen LogP contribution in [0.4, 0.5) is 0 Å². The van der Waals surface area contributed by atoms with Crippen LogP contribution in [0.25, 0.3) is 0 Å². The summed E-state index contributed by atoms with van der Waals surface area (Å²) in [6.45, 7) is 6.14. The molecule has 0 radical (unpaired) electrons. The SMILES string of the molecule is CC(C)(C)O[C@H]1[C@@H]2C=C[C@H]1C[C@H]2C(=O)c1ccccc1O. The van der Waals surface area contributed by atoms with Crippen LogP contribution in [0, 0.1) is 17.8 Å². The molecule has 112 valence electrons. The van der Waals surface area contributed by atoms with Crippen LogP contribution in [0.3, 0.4) is 0 Å². The maximum Gasteiger partial charge on any atom is 0.170 e. The number of carbonyl (C=O) groups excluding carboxylic acids is 1. The second kappa shape index (κ2) is 4.99. The number of carbonyl (C=O) groups is 1. The maximum atomic E-state index is 12.7. The second-order valence-electron chi connectivity index (χ2n) is 7.04. The van der Waals surface area contributed by atoms with Gasteiger partial charge in [-0.25, -0.2) is 0 Å². The van der Waals surface area contributed by atoms with Gasteiger partial charge in [-0.1, -0.05) is 24.3 Å². The fraction of sp³-hybridized carbons (Fsp3) is 0.500. The Kier molecular flexibility index (Phi) is 3.40. The highest BCUT2D eigenvalue weighted by Gasteiger charge is 2.49. The number of benzene rings is 1. The van der Waals surface area contributed by atoms with Gasteiger partial charge in [-0.15, -0.1) is 0 Å². The molecule has 0 unspecified atom stereocenters. The first-order valence-corrected chi connectivity index (χ1v) is 7.55. The molecule has 0 amide bonds. The Hall–Kier alpha value is -1.61. The topological polar surface area (TPSA) is 46.5 Å². The molecule has 0 heterocycles. The summed E-state index contributed by atoms with van der Waals surface area (Å²) < 4.78 is 6.15. The lowest BCUT2D eigenvalue weighted by atomic mass is 9.86. The number of ketones is 1. The number of hydrogen-bond donors (Lipinski definition) is 1. The summed E-state index contributed by atoms with van der Waals surface area (Å²) in [6, 6.07) is 6.80. The first kappa shape index (κ1) is 14.3. The van der Waals surface area contributed by atoms with Crippen molar-refractivity contribution in [2.75, 3.05) is 0 Å². The molecule has 1 saturated carbocycles. The van der Waals surface area contributed by atoms with Crippen LogP contribution in [0.5, 0.6) is 5.75 Å². The van der Waals surface area contributed by atoms with Gasteiger partial charge in [-0.2, -0.15) is 0 Å². The molecule has 0 aliphatic heterocycles. The van der Waals surface area contributed by atoms with E-state index in [1.165, 1.54) is 0 Å². The predicted octanol–water partition coefficient (Wildman–Crippen LogP) is 3.58. The van der Waals surface area contributed by atoms with Crippen LogP contribution in [-0.4, -0.2) is 22.6 Å². The zero-order chi connectivity index (χ0) is 15.2. The third kappa shape index (κ3) is 2.62. The van der Waals surface area contributed by atoms with E-state index in [0.29, 0.717) is 11.5 Å². The Morgan fingerprint density at radius 3 is 2.62 bits per heavy atom. The molecule has 2 aliphatic carbocycles. The molecule has 3 rings (SSSR count). The van der Waals surface area contributed by atoms with Gasteiger partial charge in [0.2, 0.25) is 0 Å². The van der Waals surface area contributed by atoms with Gasteiger partial charge >= 0.3 is 0 Å². The van der Waals surface area contributed by atoms with Crippen molar-refractivity contribution in [3.8, 4) is 5.75 Å². The van der Waals surface area contributed by atoms with Gasteiger partial charge in [0, 0.05) is 17.8 Å². The molecule has 2 aliphatic rings. The lowest BCUT2D eigenvalue weighted by Crippen LogP contribution is -2.32. The highest BCUT2D eigenvalue weighted by molar-refractivity contribution is 6.00. The number of hydrogen-bond acceptors (Lipinski definition) is 3. The standard InChI is InChI=1S/C18H22O3/c1-18(2,3)21-17-11-8-9-12(17)14(10-11)16(20)13-6-4-5-7-15(13)19/h4-9,11-12,14,17,19H,10H2,1-3H3/t11-,12+,14+,17+/m0/s1. The molecular weight excluding hydrogens is 264 g/mol. The lowest BCUT2D eigenvalue weighted by Gasteiger charge is -2.28. The van der Waals surface area contributed by atoms with Gasteiger partial charge in [0.1, 0.15) is 5.75 Å². The summed E-state index contributed by atoms with van der Waals surface area (Å²) in [5.41, 5.74) is 0.220. The molecule has 21 heavy (non-hydrogen) atoms. The number of fused-ring (bicyclic) bond motifs is 2. The van der Waals surface area contributed by atoms with E-state index in [9.17, 15) is 9.90 Å². The van der Waals surface area contributed by atoms with Crippen molar-refractivity contribution in [3.05, 3.63) is 42.0 Å². The molecule has 1 fully saturated rings. The number of para-hydroxylation sites is 1. The lowest BCUT2D eigenvalue weighted by molar-refractivity contribution is -0.0769. The predicted molar refractivity (Wildman–Crippen MR) is 81.3 cm³/mol. The number of rotatable bonds is 3. The fourth-order valence-corrected chi connectivity index (χ4v) is 3.54. The molecule has 3 nitrogen and oxygen atoms in total. The van der Waals surface area contributed by atoms with Crippen LogP contribution < -0.4 is 0 Å². The van der Waals surface area contributed by atoms with E-state index in [2.05, 4.69) is 12.2 Å². The minimum Gasteiger partial charge on any atom is -0.507 e. The molecule has 2 bridgehead atoms. The maximum absolute atomic E-state index is 12.7. The van der Waals surface area contributed by atoms with Crippen LogP contribution in [0.15, 0.2) is 36.4 Å². The molecule has 1 N–H and O–H groups in total. The number of aromatic hydroxyl groups is 1. The van der Waals surface area contributed by atoms with Gasteiger partial charge in [0.15, 0.2) is 5.78 Å². The van der Waals surface area contributed by atoms with E-state index in [1.807, 2.05) is 20.8 Å². The summed E-state index contributed by atoms with van der Waals surface area (Å²) in [6.07, 6.45) is 5.20. The highest BCUT2D eigenvalue weighted by atomic mass is 16.5. The van der Waals surface area contributed by atoms with E-state index >= 15 is 0 Å². The number of ether oxygens (including phenoxy) is 1. The monoisotopic (exact) mass is 286 g/mol. The van der Waals surface area contributed by atoms with Crippen molar-refractivity contribution in [1.82, 2.24) is 0 Å². The number of phenolic OH excluding ortho intramolecular Hbond substituents is 1. The quantitative estimate of drug-likeness (QED) is 0.682. The van der Waals surface area contributed by atoms with Gasteiger partial charge in [-0.3, -0.25) is 4.79 Å².